The van der Waals surface area contributed by atoms with Gasteiger partial charge in [0.05, 0.1) is 18.9 Å². The first-order valence-corrected chi connectivity index (χ1v) is 9.22. The maximum Gasteiger partial charge on any atom is 0.350 e. The van der Waals surface area contributed by atoms with Crippen molar-refractivity contribution in [2.45, 2.75) is 13.5 Å². The summed E-state index contributed by atoms with van der Waals surface area (Å²) in [6.07, 6.45) is 0. The molecular weight excluding hydrogens is 375 g/mol. The van der Waals surface area contributed by atoms with Gasteiger partial charge in [-0.25, -0.2) is 14.2 Å². The van der Waals surface area contributed by atoms with Crippen LogP contribution in [0.25, 0.3) is 0 Å². The largest absolute Gasteiger partial charge is 0.486 e. The Morgan fingerprint density at radius 1 is 1.26 bits per heavy atom. The highest BCUT2D eigenvalue weighted by atomic mass is 32.1. The van der Waals surface area contributed by atoms with Crippen molar-refractivity contribution in [3.8, 4) is 5.75 Å². The van der Waals surface area contributed by atoms with Gasteiger partial charge in [-0.1, -0.05) is 0 Å². The third kappa shape index (κ3) is 5.24. The lowest BCUT2D eigenvalue weighted by Gasteiger charge is -2.26. The van der Waals surface area contributed by atoms with E-state index in [0.717, 1.165) is 11.3 Å². The van der Waals surface area contributed by atoms with E-state index in [1.54, 1.807) is 11.8 Å². The highest BCUT2D eigenvalue weighted by molar-refractivity contribution is 7.13. The molecule has 9 heteroatoms. The molecule has 0 unspecified atom stereocenters. The lowest BCUT2D eigenvalue weighted by Crippen LogP contribution is -2.42. The molecule has 2 heterocycles. The molecule has 0 N–H and O–H groups in total. The average Bonchev–Trinajstić information content (AvgIpc) is 3.07. The van der Waals surface area contributed by atoms with E-state index in [-0.39, 0.29) is 24.9 Å². The predicted octanol–water partition coefficient (Wildman–Crippen LogP) is 2.19. The van der Waals surface area contributed by atoms with E-state index in [1.807, 2.05) is 0 Å². The molecule has 0 aliphatic carbocycles. The Morgan fingerprint density at radius 2 is 1.96 bits per heavy atom. The molecule has 144 valence electrons. The smallest absolute Gasteiger partial charge is 0.350 e. The first kappa shape index (κ1) is 19.2. The number of esters is 1. The van der Waals surface area contributed by atoms with E-state index in [0.29, 0.717) is 47.6 Å². The van der Waals surface area contributed by atoms with Gasteiger partial charge in [0.1, 0.15) is 28.1 Å². The number of nitrogens with zero attached hydrogens (tertiary/aromatic N) is 2. The van der Waals surface area contributed by atoms with Crippen molar-refractivity contribution in [3.63, 3.8) is 0 Å². The van der Waals surface area contributed by atoms with E-state index >= 15 is 0 Å². The third-order valence-electron chi connectivity index (χ3n) is 3.89. The Bertz CT molecular complexity index is 803. The maximum atomic E-state index is 12.9. The molecule has 27 heavy (non-hydrogen) atoms. The monoisotopic (exact) mass is 394 g/mol. The Morgan fingerprint density at radius 3 is 2.67 bits per heavy atom. The van der Waals surface area contributed by atoms with Gasteiger partial charge < -0.3 is 19.1 Å². The molecule has 1 aromatic heterocycles. The summed E-state index contributed by atoms with van der Waals surface area (Å²) < 4.78 is 28.7. The Balaban J connectivity index is 1.52. The molecule has 1 amide bonds. The van der Waals surface area contributed by atoms with E-state index in [4.69, 9.17) is 14.2 Å². The minimum atomic E-state index is -0.584. The number of amides is 1. The molecular formula is C18H19FN2O5S. The van der Waals surface area contributed by atoms with Crippen molar-refractivity contribution in [2.24, 2.45) is 0 Å². The number of carbonyl (C=O) groups is 2. The zero-order chi connectivity index (χ0) is 19.2. The minimum absolute atomic E-state index is 0.150. The van der Waals surface area contributed by atoms with Crippen LogP contribution in [0, 0.1) is 12.7 Å². The van der Waals surface area contributed by atoms with E-state index in [9.17, 15) is 14.0 Å². The molecule has 1 fully saturated rings. The summed E-state index contributed by atoms with van der Waals surface area (Å²) in [5.74, 6) is -0.665. The molecule has 1 aromatic carbocycles. The molecule has 1 saturated heterocycles. The summed E-state index contributed by atoms with van der Waals surface area (Å²) in [6.45, 7) is 3.52. The second kappa shape index (κ2) is 8.92. The fourth-order valence-corrected chi connectivity index (χ4v) is 3.35. The molecule has 0 radical (unpaired) electrons. The van der Waals surface area contributed by atoms with Crippen molar-refractivity contribution in [3.05, 3.63) is 45.7 Å². The number of aryl methyl sites for hydroxylation is 1. The Hall–Kier alpha value is -2.52. The number of aromatic nitrogens is 1. The number of thiazole rings is 1. The molecule has 2 aromatic rings. The van der Waals surface area contributed by atoms with Crippen molar-refractivity contribution < 1.29 is 28.2 Å². The molecule has 0 atom stereocenters. The second-order valence-electron chi connectivity index (χ2n) is 5.83. The number of morpholine rings is 1. The van der Waals surface area contributed by atoms with Crippen LogP contribution < -0.4 is 4.74 Å². The van der Waals surface area contributed by atoms with Gasteiger partial charge in [0, 0.05) is 13.1 Å². The van der Waals surface area contributed by atoms with Gasteiger partial charge in [0.15, 0.2) is 6.61 Å². The number of hydrogen-bond acceptors (Lipinski definition) is 7. The molecule has 1 aliphatic heterocycles. The normalized spacial score (nSPS) is 14.1. The van der Waals surface area contributed by atoms with Gasteiger partial charge in [-0.3, -0.25) is 4.79 Å². The average molecular weight is 394 g/mol. The zero-order valence-corrected chi connectivity index (χ0v) is 15.6. The van der Waals surface area contributed by atoms with Crippen LogP contribution >= 0.6 is 11.3 Å². The van der Waals surface area contributed by atoms with Crippen LogP contribution in [-0.4, -0.2) is 54.7 Å². The highest BCUT2D eigenvalue weighted by Gasteiger charge is 2.21. The van der Waals surface area contributed by atoms with E-state index in [1.165, 1.54) is 24.3 Å². The van der Waals surface area contributed by atoms with E-state index in [2.05, 4.69) is 4.98 Å². The van der Waals surface area contributed by atoms with Gasteiger partial charge in [0.2, 0.25) is 0 Å². The summed E-state index contributed by atoms with van der Waals surface area (Å²) in [4.78, 5) is 30.5. The Labute approximate surface area is 159 Å². The van der Waals surface area contributed by atoms with Gasteiger partial charge in [-0.15, -0.1) is 11.3 Å². The van der Waals surface area contributed by atoms with E-state index < -0.39 is 5.97 Å². The van der Waals surface area contributed by atoms with Crippen molar-refractivity contribution in [1.82, 2.24) is 9.88 Å². The second-order valence-corrected chi connectivity index (χ2v) is 6.92. The molecule has 1 aliphatic rings. The van der Waals surface area contributed by atoms with Gasteiger partial charge in [0.25, 0.3) is 5.91 Å². The lowest BCUT2D eigenvalue weighted by atomic mass is 10.3. The third-order valence-corrected chi connectivity index (χ3v) is 5.00. The number of benzene rings is 1. The molecule has 0 bridgehead atoms. The first-order chi connectivity index (χ1) is 13.0. The van der Waals surface area contributed by atoms with Gasteiger partial charge >= 0.3 is 5.97 Å². The summed E-state index contributed by atoms with van der Waals surface area (Å²) in [5, 5.41) is 0.586. The van der Waals surface area contributed by atoms with Crippen molar-refractivity contribution in [1.29, 1.82) is 0 Å². The van der Waals surface area contributed by atoms with Crippen LogP contribution in [0.3, 0.4) is 0 Å². The summed E-state index contributed by atoms with van der Waals surface area (Å²) in [7, 11) is 0. The Kier molecular flexibility index (Phi) is 6.36. The molecule has 0 spiro atoms. The SMILES string of the molecule is Cc1nc(COc2ccc(F)cc2)sc1C(=O)OCC(=O)N1CCOCC1. The van der Waals surface area contributed by atoms with Crippen LogP contribution in [0.2, 0.25) is 0 Å². The topological polar surface area (TPSA) is 78.0 Å². The minimum Gasteiger partial charge on any atom is -0.486 e. The zero-order valence-electron chi connectivity index (χ0n) is 14.8. The van der Waals surface area contributed by atoms with Crippen molar-refractivity contribution >= 4 is 23.2 Å². The van der Waals surface area contributed by atoms with Crippen molar-refractivity contribution in [2.75, 3.05) is 32.9 Å². The van der Waals surface area contributed by atoms with Crippen LogP contribution in [0.1, 0.15) is 20.4 Å². The standard InChI is InChI=1S/C18H19FN2O5S/c1-12-17(18(23)26-11-16(22)21-6-8-24-9-7-21)27-15(20-12)10-25-14-4-2-13(19)3-5-14/h2-5H,6-11H2,1H3. The predicted molar refractivity (Wildman–Crippen MR) is 95.3 cm³/mol. The van der Waals surface area contributed by atoms with Gasteiger partial charge in [-0.2, -0.15) is 0 Å². The van der Waals surface area contributed by atoms with Crippen LogP contribution in [0.4, 0.5) is 4.39 Å². The van der Waals surface area contributed by atoms with Crippen LogP contribution in [0.15, 0.2) is 24.3 Å². The molecule has 0 saturated carbocycles. The fraction of sp³-hybridized carbons (Fsp3) is 0.389. The van der Waals surface area contributed by atoms with Gasteiger partial charge in [-0.05, 0) is 31.2 Å². The summed E-state index contributed by atoms with van der Waals surface area (Å²) >= 11 is 1.15. The quantitative estimate of drug-likeness (QED) is 0.699. The summed E-state index contributed by atoms with van der Waals surface area (Å²) in [5.41, 5.74) is 0.515. The number of hydrogen-bond donors (Lipinski definition) is 0. The first-order valence-electron chi connectivity index (χ1n) is 8.40. The summed E-state index contributed by atoms with van der Waals surface area (Å²) in [6, 6.07) is 5.64. The maximum absolute atomic E-state index is 12.9. The van der Waals surface area contributed by atoms with Crippen LogP contribution in [-0.2, 0) is 20.9 Å². The number of rotatable bonds is 6. The number of halogens is 1. The molecule has 3 rings (SSSR count). The van der Waals surface area contributed by atoms with Crippen LogP contribution in [0.5, 0.6) is 5.75 Å². The highest BCUT2D eigenvalue weighted by Crippen LogP contribution is 2.21. The number of carbonyl (C=O) groups excluding carboxylic acids is 2. The fourth-order valence-electron chi connectivity index (χ4n) is 2.48. The lowest BCUT2D eigenvalue weighted by molar-refractivity contribution is -0.138. The number of ether oxygens (including phenoxy) is 3. The molecule has 7 nitrogen and oxygen atoms in total.